The van der Waals surface area contributed by atoms with Crippen molar-refractivity contribution in [2.24, 2.45) is 0 Å². The van der Waals surface area contributed by atoms with Crippen LogP contribution in [0, 0.1) is 0 Å². The van der Waals surface area contributed by atoms with E-state index in [0.717, 1.165) is 11.2 Å². The van der Waals surface area contributed by atoms with E-state index >= 15 is 0 Å². The average Bonchev–Trinajstić information content (AvgIpc) is 2.04. The van der Waals surface area contributed by atoms with Crippen LogP contribution in [0.15, 0.2) is 24.3 Å². The van der Waals surface area contributed by atoms with E-state index in [1.54, 1.807) is 12.1 Å². The summed E-state index contributed by atoms with van der Waals surface area (Å²) in [6.07, 6.45) is 0.532. The first-order valence-electron chi connectivity index (χ1n) is 3.51. The SMILES string of the molecule is [B]CCOc1ccc([B])cc1. The molecule has 11 heavy (non-hydrogen) atoms. The van der Waals surface area contributed by atoms with Gasteiger partial charge in [0.2, 0.25) is 0 Å². The highest BCUT2D eigenvalue weighted by atomic mass is 16.5. The van der Waals surface area contributed by atoms with Gasteiger partial charge in [-0.2, -0.15) is 0 Å². The molecule has 0 aromatic heterocycles. The Labute approximate surface area is 69.6 Å². The van der Waals surface area contributed by atoms with Gasteiger partial charge in [0.1, 0.15) is 13.6 Å². The highest BCUT2D eigenvalue weighted by Crippen LogP contribution is 2.06. The molecule has 0 saturated heterocycles. The van der Waals surface area contributed by atoms with Crippen LogP contribution in [-0.4, -0.2) is 22.3 Å². The lowest BCUT2D eigenvalue weighted by Gasteiger charge is -2.03. The fourth-order valence-corrected chi connectivity index (χ4v) is 0.741. The van der Waals surface area contributed by atoms with Crippen molar-refractivity contribution in [2.75, 3.05) is 6.61 Å². The molecular formula is C8H8B2O. The Morgan fingerprint density at radius 3 is 2.36 bits per heavy atom. The molecule has 0 fully saturated rings. The maximum Gasteiger partial charge on any atom is 0.119 e. The third kappa shape index (κ3) is 2.71. The van der Waals surface area contributed by atoms with Gasteiger partial charge >= 0.3 is 0 Å². The lowest BCUT2D eigenvalue weighted by Crippen LogP contribution is -2.01. The summed E-state index contributed by atoms with van der Waals surface area (Å²) >= 11 is 0. The zero-order valence-corrected chi connectivity index (χ0v) is 6.29. The fraction of sp³-hybridized carbons (Fsp3) is 0.250. The van der Waals surface area contributed by atoms with E-state index < -0.39 is 0 Å². The van der Waals surface area contributed by atoms with Crippen LogP contribution in [0.2, 0.25) is 6.32 Å². The molecule has 0 saturated carbocycles. The topological polar surface area (TPSA) is 9.23 Å². The Balaban J connectivity index is 2.52. The monoisotopic (exact) mass is 142 g/mol. The summed E-state index contributed by atoms with van der Waals surface area (Å²) in [6, 6.07) is 7.24. The molecule has 0 aliphatic carbocycles. The summed E-state index contributed by atoms with van der Waals surface area (Å²) < 4.78 is 5.23. The fourth-order valence-electron chi connectivity index (χ4n) is 0.741. The third-order valence-corrected chi connectivity index (χ3v) is 1.27. The van der Waals surface area contributed by atoms with Gasteiger partial charge in [-0.05, 0) is 12.1 Å². The van der Waals surface area contributed by atoms with Gasteiger partial charge in [0, 0.05) is 0 Å². The molecule has 0 amide bonds. The maximum atomic E-state index is 5.48. The minimum absolute atomic E-state index is 0.532. The highest BCUT2D eigenvalue weighted by Gasteiger charge is 1.89. The van der Waals surface area contributed by atoms with Crippen LogP contribution in [0.1, 0.15) is 0 Å². The van der Waals surface area contributed by atoms with E-state index in [0.29, 0.717) is 12.9 Å². The van der Waals surface area contributed by atoms with Crippen LogP contribution in [0.4, 0.5) is 0 Å². The molecule has 0 atom stereocenters. The summed E-state index contributed by atoms with van der Waals surface area (Å²) in [5.41, 5.74) is 0.741. The predicted molar refractivity (Wildman–Crippen MR) is 47.9 cm³/mol. The molecule has 1 nitrogen and oxygen atoms in total. The Hall–Kier alpha value is -0.850. The molecule has 1 rings (SSSR count). The van der Waals surface area contributed by atoms with Crippen molar-refractivity contribution in [3.8, 4) is 5.75 Å². The van der Waals surface area contributed by atoms with Crippen LogP contribution < -0.4 is 10.2 Å². The van der Waals surface area contributed by atoms with Gasteiger partial charge in [-0.15, -0.1) is 0 Å². The molecule has 0 heterocycles. The van der Waals surface area contributed by atoms with E-state index in [9.17, 15) is 0 Å². The minimum Gasteiger partial charge on any atom is -0.494 e. The summed E-state index contributed by atoms with van der Waals surface area (Å²) in [5.74, 6) is 0.810. The van der Waals surface area contributed by atoms with Crippen LogP contribution in [-0.2, 0) is 0 Å². The highest BCUT2D eigenvalue weighted by molar-refractivity contribution is 6.32. The Morgan fingerprint density at radius 2 is 1.82 bits per heavy atom. The van der Waals surface area contributed by atoms with E-state index in [1.807, 2.05) is 12.1 Å². The van der Waals surface area contributed by atoms with Crippen molar-refractivity contribution in [3.05, 3.63) is 24.3 Å². The lowest BCUT2D eigenvalue weighted by molar-refractivity contribution is 0.340. The van der Waals surface area contributed by atoms with E-state index in [-0.39, 0.29) is 0 Å². The smallest absolute Gasteiger partial charge is 0.119 e. The van der Waals surface area contributed by atoms with Gasteiger partial charge < -0.3 is 4.74 Å². The van der Waals surface area contributed by atoms with Crippen LogP contribution in [0.5, 0.6) is 5.75 Å². The van der Waals surface area contributed by atoms with E-state index in [2.05, 4.69) is 0 Å². The normalized spacial score (nSPS) is 9.45. The zero-order chi connectivity index (χ0) is 8.10. The molecule has 52 valence electrons. The molecule has 0 spiro atoms. The first kappa shape index (κ1) is 8.25. The first-order valence-corrected chi connectivity index (χ1v) is 3.51. The van der Waals surface area contributed by atoms with Crippen LogP contribution in [0.3, 0.4) is 0 Å². The van der Waals surface area contributed by atoms with Crippen LogP contribution in [0.25, 0.3) is 0 Å². The number of ether oxygens (including phenoxy) is 1. The zero-order valence-electron chi connectivity index (χ0n) is 6.29. The van der Waals surface area contributed by atoms with Gasteiger partial charge in [0.15, 0.2) is 0 Å². The molecule has 0 unspecified atom stereocenters. The standard InChI is InChI=1S/C8H8B2O/c9-5-6-11-8-3-1-7(10)2-4-8/h1-4H,5-6H2. The van der Waals surface area contributed by atoms with Crippen molar-refractivity contribution in [1.82, 2.24) is 0 Å². The second-order valence-electron chi connectivity index (χ2n) is 2.21. The number of hydrogen-bond acceptors (Lipinski definition) is 1. The van der Waals surface area contributed by atoms with E-state index in [1.165, 1.54) is 0 Å². The van der Waals surface area contributed by atoms with Crippen molar-refractivity contribution in [2.45, 2.75) is 6.32 Å². The second-order valence-corrected chi connectivity index (χ2v) is 2.21. The predicted octanol–water partition coefficient (Wildman–Crippen LogP) is 0.446. The van der Waals surface area contributed by atoms with Crippen molar-refractivity contribution in [1.29, 1.82) is 0 Å². The molecule has 1 aromatic carbocycles. The lowest BCUT2D eigenvalue weighted by atomic mass is 9.97. The summed E-state index contributed by atoms with van der Waals surface area (Å²) in [4.78, 5) is 0. The molecule has 0 aliphatic heterocycles. The average molecular weight is 142 g/mol. The van der Waals surface area contributed by atoms with Crippen molar-refractivity contribution in [3.63, 3.8) is 0 Å². The molecule has 0 aliphatic rings. The first-order chi connectivity index (χ1) is 5.33. The molecule has 1 aromatic rings. The largest absolute Gasteiger partial charge is 0.494 e. The number of benzene rings is 1. The van der Waals surface area contributed by atoms with Crippen molar-refractivity contribution < 1.29 is 4.74 Å². The van der Waals surface area contributed by atoms with Gasteiger partial charge in [0.05, 0.1) is 14.5 Å². The summed E-state index contributed by atoms with van der Waals surface area (Å²) in [7, 11) is 10.7. The minimum atomic E-state index is 0.532. The number of rotatable bonds is 3. The van der Waals surface area contributed by atoms with Crippen molar-refractivity contribution >= 4 is 21.2 Å². The van der Waals surface area contributed by atoms with Gasteiger partial charge in [-0.1, -0.05) is 23.9 Å². The second kappa shape index (κ2) is 4.12. The summed E-state index contributed by atoms with van der Waals surface area (Å²) in [5, 5.41) is 0. The molecule has 0 N–H and O–H groups in total. The third-order valence-electron chi connectivity index (χ3n) is 1.27. The molecule has 0 bridgehead atoms. The molecule has 4 radical (unpaired) electrons. The summed E-state index contributed by atoms with van der Waals surface area (Å²) in [6.45, 7) is 0.546. The van der Waals surface area contributed by atoms with Gasteiger partial charge in [0.25, 0.3) is 0 Å². The van der Waals surface area contributed by atoms with Crippen LogP contribution >= 0.6 is 0 Å². The Kier molecular flexibility index (Phi) is 3.09. The van der Waals surface area contributed by atoms with Gasteiger partial charge in [-0.3, -0.25) is 0 Å². The van der Waals surface area contributed by atoms with Gasteiger partial charge in [-0.25, -0.2) is 0 Å². The molecular weight excluding hydrogens is 134 g/mol. The number of hydrogen-bond donors (Lipinski definition) is 0. The maximum absolute atomic E-state index is 5.48. The quantitative estimate of drug-likeness (QED) is 0.556. The van der Waals surface area contributed by atoms with E-state index in [4.69, 9.17) is 20.4 Å². The Bertz CT molecular complexity index is 208. The Morgan fingerprint density at radius 1 is 1.18 bits per heavy atom. The molecule has 3 heteroatoms.